The largest absolute Gasteiger partial charge is 0.495 e. The Morgan fingerprint density at radius 3 is 2.62 bits per heavy atom. The molecule has 4 aromatic rings. The number of amides is 1. The Morgan fingerprint density at radius 1 is 1.11 bits per heavy atom. The number of nitrogens with zero attached hydrogens (tertiary/aromatic N) is 6. The SMILES string of the molecule is COc1ccc([N+](=O)[O-])cc1NC(=O)C1CCCN(c2ccc(-n3ccnc3-c3ccccc3)nn2)C1. The average Bonchev–Trinajstić information content (AvgIpc) is 3.44. The summed E-state index contributed by atoms with van der Waals surface area (Å²) in [5.41, 5.74) is 1.13. The number of ether oxygens (including phenoxy) is 1. The summed E-state index contributed by atoms with van der Waals surface area (Å²) in [6, 6.07) is 17.7. The molecule has 1 atom stereocenters. The van der Waals surface area contributed by atoms with Crippen molar-refractivity contribution in [2.24, 2.45) is 5.92 Å². The first-order chi connectivity index (χ1) is 18.0. The minimum Gasteiger partial charge on any atom is -0.495 e. The van der Waals surface area contributed by atoms with E-state index < -0.39 is 4.92 Å². The Hall–Kier alpha value is -4.80. The van der Waals surface area contributed by atoms with Gasteiger partial charge in [-0.1, -0.05) is 30.3 Å². The predicted octanol–water partition coefficient (Wildman–Crippen LogP) is 4.10. The Labute approximate surface area is 212 Å². The number of carbonyl (C=O) groups is 1. The summed E-state index contributed by atoms with van der Waals surface area (Å²) in [4.78, 5) is 30.2. The van der Waals surface area contributed by atoms with Gasteiger partial charge in [-0.05, 0) is 31.0 Å². The van der Waals surface area contributed by atoms with Crippen molar-refractivity contribution >= 4 is 23.1 Å². The summed E-state index contributed by atoms with van der Waals surface area (Å²) in [7, 11) is 1.45. The van der Waals surface area contributed by atoms with Crippen LogP contribution < -0.4 is 15.0 Å². The molecule has 1 aliphatic rings. The lowest BCUT2D eigenvalue weighted by Crippen LogP contribution is -2.41. The van der Waals surface area contributed by atoms with Crippen LogP contribution in [0.5, 0.6) is 5.75 Å². The zero-order valence-electron chi connectivity index (χ0n) is 20.2. The Bertz CT molecular complexity index is 1410. The third-order valence-electron chi connectivity index (χ3n) is 6.32. The monoisotopic (exact) mass is 499 g/mol. The van der Waals surface area contributed by atoms with E-state index in [0.29, 0.717) is 30.4 Å². The highest BCUT2D eigenvalue weighted by Gasteiger charge is 2.28. The molecule has 1 saturated heterocycles. The smallest absolute Gasteiger partial charge is 0.271 e. The number of hydrogen-bond acceptors (Lipinski definition) is 8. The zero-order chi connectivity index (χ0) is 25.8. The molecule has 11 nitrogen and oxygen atoms in total. The number of nitro groups is 1. The van der Waals surface area contributed by atoms with Gasteiger partial charge in [-0.15, -0.1) is 10.2 Å². The Morgan fingerprint density at radius 2 is 1.89 bits per heavy atom. The summed E-state index contributed by atoms with van der Waals surface area (Å²) >= 11 is 0. The molecule has 2 aromatic carbocycles. The molecule has 37 heavy (non-hydrogen) atoms. The molecule has 0 bridgehead atoms. The van der Waals surface area contributed by atoms with Gasteiger partial charge in [-0.25, -0.2) is 4.98 Å². The van der Waals surface area contributed by atoms with Crippen molar-refractivity contribution in [1.29, 1.82) is 0 Å². The molecule has 2 aromatic heterocycles. The van der Waals surface area contributed by atoms with E-state index >= 15 is 0 Å². The van der Waals surface area contributed by atoms with Gasteiger partial charge in [0.1, 0.15) is 11.6 Å². The average molecular weight is 500 g/mol. The Kier molecular flexibility index (Phi) is 6.75. The number of imidazole rings is 1. The molecule has 1 N–H and O–H groups in total. The number of anilines is 2. The summed E-state index contributed by atoms with van der Waals surface area (Å²) in [5.74, 6) is 1.91. The van der Waals surface area contributed by atoms with Crippen molar-refractivity contribution in [1.82, 2.24) is 19.7 Å². The number of nitro benzene ring substituents is 1. The highest BCUT2D eigenvalue weighted by atomic mass is 16.6. The molecule has 1 aliphatic heterocycles. The van der Waals surface area contributed by atoms with E-state index in [9.17, 15) is 14.9 Å². The number of rotatable bonds is 7. The van der Waals surface area contributed by atoms with Crippen molar-refractivity contribution in [3.8, 4) is 23.0 Å². The number of non-ortho nitro benzene ring substituents is 1. The van der Waals surface area contributed by atoms with Gasteiger partial charge in [0, 0.05) is 43.2 Å². The molecule has 0 radical (unpaired) electrons. The van der Waals surface area contributed by atoms with Gasteiger partial charge in [-0.3, -0.25) is 19.5 Å². The maximum absolute atomic E-state index is 13.1. The van der Waals surface area contributed by atoms with E-state index in [0.717, 1.165) is 24.4 Å². The number of nitrogens with one attached hydrogen (secondary N) is 1. The molecule has 0 spiro atoms. The van der Waals surface area contributed by atoms with Crippen LogP contribution in [0.3, 0.4) is 0 Å². The number of carbonyl (C=O) groups excluding carboxylic acids is 1. The first kappa shape index (κ1) is 23.9. The van der Waals surface area contributed by atoms with Gasteiger partial charge in [0.15, 0.2) is 11.6 Å². The molecule has 3 heterocycles. The lowest BCUT2D eigenvalue weighted by Gasteiger charge is -2.32. The van der Waals surface area contributed by atoms with E-state index in [4.69, 9.17) is 4.74 Å². The molecule has 5 rings (SSSR count). The molecule has 0 saturated carbocycles. The standard InChI is InChI=1S/C26H25N7O4/c1-37-22-10-9-20(33(35)36)16-21(22)28-26(34)19-8-5-14-31(17-19)23-11-12-24(30-29-23)32-15-13-27-25(32)18-6-3-2-4-7-18/h2-4,6-7,9-13,15-16,19H,5,8,14,17H2,1H3,(H,28,34). The van der Waals surface area contributed by atoms with Gasteiger partial charge in [-0.2, -0.15) is 0 Å². The van der Waals surface area contributed by atoms with Gasteiger partial charge >= 0.3 is 0 Å². The van der Waals surface area contributed by atoms with Crippen LogP contribution in [0.1, 0.15) is 12.8 Å². The van der Waals surface area contributed by atoms with E-state index in [2.05, 4.69) is 20.5 Å². The second-order valence-electron chi connectivity index (χ2n) is 8.65. The molecule has 1 fully saturated rings. The van der Waals surface area contributed by atoms with E-state index in [-0.39, 0.29) is 23.2 Å². The van der Waals surface area contributed by atoms with Crippen LogP contribution in [0, 0.1) is 16.0 Å². The van der Waals surface area contributed by atoms with Crippen molar-refractivity contribution in [3.63, 3.8) is 0 Å². The summed E-state index contributed by atoms with van der Waals surface area (Å²) in [6.07, 6.45) is 5.06. The molecule has 188 valence electrons. The van der Waals surface area contributed by atoms with E-state index in [1.54, 1.807) is 6.20 Å². The molecular weight excluding hydrogens is 474 g/mol. The van der Waals surface area contributed by atoms with Crippen LogP contribution in [0.4, 0.5) is 17.2 Å². The summed E-state index contributed by atoms with van der Waals surface area (Å²) < 4.78 is 7.14. The normalized spacial score (nSPS) is 15.3. The van der Waals surface area contributed by atoms with Gasteiger partial charge in [0.25, 0.3) is 5.69 Å². The zero-order valence-corrected chi connectivity index (χ0v) is 20.2. The fourth-order valence-electron chi connectivity index (χ4n) is 4.45. The minimum atomic E-state index is -0.508. The van der Waals surface area contributed by atoms with Crippen LogP contribution in [-0.4, -0.2) is 50.8 Å². The number of aromatic nitrogens is 4. The van der Waals surface area contributed by atoms with Gasteiger partial charge < -0.3 is 15.0 Å². The van der Waals surface area contributed by atoms with Crippen molar-refractivity contribution in [2.75, 3.05) is 30.4 Å². The lowest BCUT2D eigenvalue weighted by atomic mass is 9.97. The fraction of sp³-hybridized carbons (Fsp3) is 0.231. The molecule has 1 unspecified atom stereocenters. The van der Waals surface area contributed by atoms with Crippen molar-refractivity contribution in [2.45, 2.75) is 12.8 Å². The third kappa shape index (κ3) is 5.10. The minimum absolute atomic E-state index is 0.120. The van der Waals surface area contributed by atoms with Gasteiger partial charge in [0.05, 0.1) is 23.6 Å². The van der Waals surface area contributed by atoms with E-state index in [1.165, 1.54) is 25.3 Å². The highest BCUT2D eigenvalue weighted by Crippen LogP contribution is 2.30. The summed E-state index contributed by atoms with van der Waals surface area (Å²) in [6.45, 7) is 1.20. The van der Waals surface area contributed by atoms with Crippen LogP contribution >= 0.6 is 0 Å². The molecule has 1 amide bonds. The topological polar surface area (TPSA) is 128 Å². The quantitative estimate of drug-likeness (QED) is 0.297. The number of benzene rings is 2. The van der Waals surface area contributed by atoms with Crippen molar-refractivity contribution in [3.05, 3.63) is 83.2 Å². The number of methoxy groups -OCH3 is 1. The first-order valence-electron chi connectivity index (χ1n) is 11.8. The van der Waals surface area contributed by atoms with Crippen LogP contribution in [0.25, 0.3) is 17.2 Å². The van der Waals surface area contributed by atoms with Gasteiger partial charge in [0.2, 0.25) is 5.91 Å². The second-order valence-corrected chi connectivity index (χ2v) is 8.65. The number of piperidine rings is 1. The Balaban J connectivity index is 1.29. The first-order valence-corrected chi connectivity index (χ1v) is 11.8. The number of hydrogen-bond donors (Lipinski definition) is 1. The maximum Gasteiger partial charge on any atom is 0.271 e. The molecular formula is C26H25N7O4. The summed E-state index contributed by atoms with van der Waals surface area (Å²) in [5, 5.41) is 22.8. The maximum atomic E-state index is 13.1. The lowest BCUT2D eigenvalue weighted by molar-refractivity contribution is -0.384. The van der Waals surface area contributed by atoms with Crippen LogP contribution in [0.2, 0.25) is 0 Å². The second kappa shape index (κ2) is 10.4. The predicted molar refractivity (Wildman–Crippen MR) is 138 cm³/mol. The van der Waals surface area contributed by atoms with Crippen LogP contribution in [0.15, 0.2) is 73.1 Å². The molecule has 0 aliphatic carbocycles. The molecule has 11 heteroatoms. The highest BCUT2D eigenvalue weighted by molar-refractivity contribution is 5.94. The van der Waals surface area contributed by atoms with E-state index in [1.807, 2.05) is 58.1 Å². The third-order valence-corrected chi connectivity index (χ3v) is 6.32. The van der Waals surface area contributed by atoms with Crippen LogP contribution in [-0.2, 0) is 4.79 Å². The van der Waals surface area contributed by atoms with Crippen molar-refractivity contribution < 1.29 is 14.5 Å². The fourth-order valence-corrected chi connectivity index (χ4v) is 4.45.